The Labute approximate surface area is 126 Å². The zero-order valence-electron chi connectivity index (χ0n) is 12.8. The molecule has 4 nitrogen and oxygen atoms in total. The summed E-state index contributed by atoms with van der Waals surface area (Å²) in [4.78, 5) is 8.79. The largest absolute Gasteiger partial charge is 0.373 e. The minimum absolute atomic E-state index is 0.397. The highest BCUT2D eigenvalue weighted by molar-refractivity contribution is 8.00. The zero-order valence-corrected chi connectivity index (χ0v) is 13.6. The molecule has 1 aliphatic carbocycles. The van der Waals surface area contributed by atoms with Crippen LogP contribution in [0.25, 0.3) is 0 Å². The highest BCUT2D eigenvalue weighted by Gasteiger charge is 2.33. The molecule has 0 aromatic carbocycles. The Morgan fingerprint density at radius 1 is 1.25 bits per heavy atom. The van der Waals surface area contributed by atoms with Crippen molar-refractivity contribution in [2.75, 3.05) is 30.5 Å². The molecule has 20 heavy (non-hydrogen) atoms. The van der Waals surface area contributed by atoms with Gasteiger partial charge >= 0.3 is 0 Å². The second-order valence-corrected chi connectivity index (χ2v) is 6.77. The van der Waals surface area contributed by atoms with Gasteiger partial charge in [-0.05, 0) is 25.5 Å². The van der Waals surface area contributed by atoms with Crippen molar-refractivity contribution < 1.29 is 0 Å². The molecule has 1 heterocycles. The van der Waals surface area contributed by atoms with E-state index in [1.54, 1.807) is 6.33 Å². The van der Waals surface area contributed by atoms with E-state index in [1.807, 2.05) is 18.8 Å². The lowest BCUT2D eigenvalue weighted by molar-refractivity contribution is 0.638. The Morgan fingerprint density at radius 2 is 1.95 bits per heavy atom. The molecule has 0 amide bonds. The van der Waals surface area contributed by atoms with Gasteiger partial charge in [0.05, 0.1) is 0 Å². The van der Waals surface area contributed by atoms with Crippen molar-refractivity contribution in [1.29, 1.82) is 0 Å². The third kappa shape index (κ3) is 3.37. The maximum Gasteiger partial charge on any atom is 0.134 e. The molecule has 1 aromatic rings. The molecule has 0 spiro atoms. The first-order valence-electron chi connectivity index (χ1n) is 7.55. The van der Waals surface area contributed by atoms with Crippen LogP contribution in [-0.4, -0.2) is 34.6 Å². The van der Waals surface area contributed by atoms with Crippen molar-refractivity contribution in [3.63, 3.8) is 0 Å². The van der Waals surface area contributed by atoms with Crippen LogP contribution < -0.4 is 10.6 Å². The van der Waals surface area contributed by atoms with E-state index in [0.29, 0.717) is 4.75 Å². The van der Waals surface area contributed by atoms with Crippen molar-refractivity contribution in [3.05, 3.63) is 11.9 Å². The molecule has 0 unspecified atom stereocenters. The van der Waals surface area contributed by atoms with E-state index in [-0.39, 0.29) is 0 Å². The van der Waals surface area contributed by atoms with Gasteiger partial charge in [0.2, 0.25) is 0 Å². The molecule has 1 aromatic heterocycles. The third-order valence-corrected chi connectivity index (χ3v) is 5.63. The Bertz CT molecular complexity index is 430. The summed E-state index contributed by atoms with van der Waals surface area (Å²) in [6.07, 6.45) is 11.3. The van der Waals surface area contributed by atoms with Crippen LogP contribution in [0.15, 0.2) is 6.33 Å². The molecular formula is C15H26N4S. The molecule has 5 heteroatoms. The molecule has 2 N–H and O–H groups in total. The highest BCUT2D eigenvalue weighted by atomic mass is 32.2. The molecule has 1 aliphatic rings. The number of hydrogen-bond donors (Lipinski definition) is 2. The van der Waals surface area contributed by atoms with Gasteiger partial charge in [0, 0.05) is 23.9 Å². The number of nitrogens with zero attached hydrogens (tertiary/aromatic N) is 2. The third-order valence-electron chi connectivity index (χ3n) is 4.21. The lowest BCUT2D eigenvalue weighted by Gasteiger charge is -2.27. The monoisotopic (exact) mass is 294 g/mol. The van der Waals surface area contributed by atoms with E-state index in [1.165, 1.54) is 31.2 Å². The first-order chi connectivity index (χ1) is 9.74. The van der Waals surface area contributed by atoms with E-state index in [4.69, 9.17) is 0 Å². The lowest BCUT2D eigenvalue weighted by atomic mass is 10.1. The Morgan fingerprint density at radius 3 is 2.55 bits per heavy atom. The van der Waals surface area contributed by atoms with E-state index in [0.717, 1.165) is 31.0 Å². The molecule has 112 valence electrons. The van der Waals surface area contributed by atoms with Gasteiger partial charge in [-0.1, -0.05) is 26.2 Å². The van der Waals surface area contributed by atoms with E-state index >= 15 is 0 Å². The predicted molar refractivity (Wildman–Crippen MR) is 88.8 cm³/mol. The molecule has 1 saturated carbocycles. The number of thioether (sulfide) groups is 1. The van der Waals surface area contributed by atoms with E-state index in [2.05, 4.69) is 33.8 Å². The van der Waals surface area contributed by atoms with Crippen LogP contribution in [0.3, 0.4) is 0 Å². The summed E-state index contributed by atoms with van der Waals surface area (Å²) in [6.45, 7) is 3.20. The molecule has 0 bridgehead atoms. The highest BCUT2D eigenvalue weighted by Crippen LogP contribution is 2.40. The van der Waals surface area contributed by atoms with E-state index in [9.17, 15) is 0 Å². The maximum absolute atomic E-state index is 4.46. The SMILES string of the molecule is CCCc1c(NC)ncnc1NCC1(SC)CCCC1. The van der Waals surface area contributed by atoms with Crippen LogP contribution in [0.4, 0.5) is 11.6 Å². The van der Waals surface area contributed by atoms with Crippen LogP contribution in [0.2, 0.25) is 0 Å². The van der Waals surface area contributed by atoms with Crippen molar-refractivity contribution in [1.82, 2.24) is 9.97 Å². The number of rotatable bonds is 7. The van der Waals surface area contributed by atoms with Gasteiger partial charge in [0.15, 0.2) is 0 Å². The fraction of sp³-hybridized carbons (Fsp3) is 0.733. The van der Waals surface area contributed by atoms with Crippen molar-refractivity contribution >= 4 is 23.4 Å². The van der Waals surface area contributed by atoms with Gasteiger partial charge in [-0.25, -0.2) is 9.97 Å². The van der Waals surface area contributed by atoms with Gasteiger partial charge in [-0.3, -0.25) is 0 Å². The second-order valence-electron chi connectivity index (χ2n) is 5.50. The molecule has 2 rings (SSSR count). The first-order valence-corrected chi connectivity index (χ1v) is 8.78. The number of anilines is 2. The summed E-state index contributed by atoms with van der Waals surface area (Å²) < 4.78 is 0.397. The second kappa shape index (κ2) is 7.16. The average molecular weight is 294 g/mol. The average Bonchev–Trinajstić information content (AvgIpc) is 2.96. The van der Waals surface area contributed by atoms with Gasteiger partial charge in [0.25, 0.3) is 0 Å². The number of hydrogen-bond acceptors (Lipinski definition) is 5. The summed E-state index contributed by atoms with van der Waals surface area (Å²) in [7, 11) is 1.92. The maximum atomic E-state index is 4.46. The van der Waals surface area contributed by atoms with E-state index < -0.39 is 0 Å². The minimum atomic E-state index is 0.397. The minimum Gasteiger partial charge on any atom is -0.373 e. The lowest BCUT2D eigenvalue weighted by Crippen LogP contribution is -2.30. The van der Waals surface area contributed by atoms with Crippen molar-refractivity contribution in [2.45, 2.75) is 50.2 Å². The van der Waals surface area contributed by atoms with Crippen LogP contribution >= 0.6 is 11.8 Å². The van der Waals surface area contributed by atoms with Gasteiger partial charge in [-0.2, -0.15) is 11.8 Å². The summed E-state index contributed by atoms with van der Waals surface area (Å²) in [5.41, 5.74) is 1.21. The smallest absolute Gasteiger partial charge is 0.134 e. The molecule has 0 aliphatic heterocycles. The van der Waals surface area contributed by atoms with Crippen LogP contribution in [0.1, 0.15) is 44.6 Å². The van der Waals surface area contributed by atoms with Gasteiger partial charge in [0.1, 0.15) is 18.0 Å². The molecule has 0 saturated heterocycles. The summed E-state index contributed by atoms with van der Waals surface area (Å²) in [6, 6.07) is 0. The van der Waals surface area contributed by atoms with Crippen LogP contribution in [0, 0.1) is 0 Å². The molecule has 1 fully saturated rings. The summed E-state index contributed by atoms with van der Waals surface area (Å²) in [5.74, 6) is 1.96. The fourth-order valence-electron chi connectivity index (χ4n) is 2.98. The Hall–Kier alpha value is -0.970. The zero-order chi connectivity index (χ0) is 14.4. The number of aromatic nitrogens is 2. The summed E-state index contributed by atoms with van der Waals surface area (Å²) >= 11 is 2.01. The normalized spacial score (nSPS) is 17.1. The molecule has 0 radical (unpaired) electrons. The van der Waals surface area contributed by atoms with Crippen LogP contribution in [-0.2, 0) is 6.42 Å². The quantitative estimate of drug-likeness (QED) is 0.805. The summed E-state index contributed by atoms with van der Waals surface area (Å²) in [5, 5.41) is 6.77. The fourth-order valence-corrected chi connectivity index (χ4v) is 3.90. The van der Waals surface area contributed by atoms with Gasteiger partial charge in [-0.15, -0.1) is 0 Å². The van der Waals surface area contributed by atoms with Crippen molar-refractivity contribution in [2.24, 2.45) is 0 Å². The van der Waals surface area contributed by atoms with Crippen LogP contribution in [0.5, 0.6) is 0 Å². The Kier molecular flexibility index (Phi) is 5.52. The number of nitrogens with one attached hydrogen (secondary N) is 2. The first kappa shape index (κ1) is 15.4. The predicted octanol–water partition coefficient (Wildman–Crippen LogP) is 3.56. The topological polar surface area (TPSA) is 49.8 Å². The standard InChI is InChI=1S/C15H26N4S/c1-4-7-12-13(16-2)18-11-19-14(12)17-10-15(20-3)8-5-6-9-15/h11H,4-10H2,1-3H3,(H2,16,17,18,19). The van der Waals surface area contributed by atoms with Crippen molar-refractivity contribution in [3.8, 4) is 0 Å². The molecular weight excluding hydrogens is 268 g/mol. The molecule has 0 atom stereocenters. The van der Waals surface area contributed by atoms with Gasteiger partial charge < -0.3 is 10.6 Å². The Balaban J connectivity index is 2.12.